The summed E-state index contributed by atoms with van der Waals surface area (Å²) in [4.78, 5) is 18.7. The van der Waals surface area contributed by atoms with Crippen LogP contribution < -0.4 is 16.0 Å². The van der Waals surface area contributed by atoms with E-state index >= 15 is 0 Å². The zero-order valence-electron chi connectivity index (χ0n) is 11.7. The number of para-hydroxylation sites is 2. The van der Waals surface area contributed by atoms with E-state index in [1.165, 1.54) is 12.8 Å². The Bertz CT molecular complexity index is 650. The van der Waals surface area contributed by atoms with Crippen molar-refractivity contribution in [2.24, 2.45) is 0 Å². The van der Waals surface area contributed by atoms with Crippen molar-refractivity contribution in [1.82, 2.24) is 4.98 Å². The Balaban J connectivity index is 1.85. The molecule has 1 aliphatic rings. The molecule has 5 nitrogen and oxygen atoms in total. The van der Waals surface area contributed by atoms with Gasteiger partial charge in [0, 0.05) is 19.3 Å². The van der Waals surface area contributed by atoms with E-state index in [1.807, 2.05) is 24.3 Å². The Morgan fingerprint density at radius 3 is 2.67 bits per heavy atom. The fourth-order valence-corrected chi connectivity index (χ4v) is 2.60. The van der Waals surface area contributed by atoms with E-state index in [4.69, 9.17) is 5.73 Å². The quantitative estimate of drug-likeness (QED) is 0.907. The van der Waals surface area contributed by atoms with E-state index in [2.05, 4.69) is 15.2 Å². The lowest BCUT2D eigenvalue weighted by atomic mass is 10.2. The van der Waals surface area contributed by atoms with Crippen molar-refractivity contribution in [3.05, 3.63) is 48.3 Å². The zero-order chi connectivity index (χ0) is 14.7. The molecule has 3 rings (SSSR count). The lowest BCUT2D eigenvalue weighted by Gasteiger charge is -2.21. The van der Waals surface area contributed by atoms with Gasteiger partial charge in [0.15, 0.2) is 5.69 Å². The summed E-state index contributed by atoms with van der Waals surface area (Å²) in [6.07, 6.45) is 3.95. The van der Waals surface area contributed by atoms with Crippen molar-refractivity contribution >= 4 is 23.0 Å². The minimum atomic E-state index is -0.278. The van der Waals surface area contributed by atoms with Gasteiger partial charge in [0.25, 0.3) is 5.91 Å². The first-order chi connectivity index (χ1) is 10.3. The average Bonchev–Trinajstić information content (AvgIpc) is 3.02. The molecule has 0 atom stereocenters. The summed E-state index contributed by atoms with van der Waals surface area (Å²) in [5.74, 6) is -0.278. The normalized spacial score (nSPS) is 14.2. The Labute approximate surface area is 123 Å². The van der Waals surface area contributed by atoms with Crippen LogP contribution in [0.25, 0.3) is 0 Å². The molecule has 5 heteroatoms. The number of anilines is 3. The molecule has 1 saturated heterocycles. The number of nitrogens with two attached hydrogens (primary N) is 1. The molecular weight excluding hydrogens is 264 g/mol. The van der Waals surface area contributed by atoms with E-state index in [0.29, 0.717) is 5.69 Å². The second-order valence-electron chi connectivity index (χ2n) is 5.11. The Morgan fingerprint density at radius 2 is 1.90 bits per heavy atom. The maximum absolute atomic E-state index is 12.3. The molecule has 0 saturated carbocycles. The number of benzene rings is 1. The van der Waals surface area contributed by atoms with Gasteiger partial charge in [-0.25, -0.2) is 4.98 Å². The Kier molecular flexibility index (Phi) is 3.73. The number of aromatic nitrogens is 1. The summed E-state index contributed by atoms with van der Waals surface area (Å²) in [5, 5.41) is 2.92. The predicted molar refractivity (Wildman–Crippen MR) is 84.5 cm³/mol. The lowest BCUT2D eigenvalue weighted by Crippen LogP contribution is -2.22. The summed E-state index contributed by atoms with van der Waals surface area (Å²) in [5.41, 5.74) is 8.30. The van der Waals surface area contributed by atoms with E-state index in [-0.39, 0.29) is 11.6 Å². The van der Waals surface area contributed by atoms with Gasteiger partial charge in [-0.15, -0.1) is 0 Å². The van der Waals surface area contributed by atoms with Gasteiger partial charge in [-0.1, -0.05) is 12.1 Å². The van der Waals surface area contributed by atoms with Crippen LogP contribution in [0.3, 0.4) is 0 Å². The predicted octanol–water partition coefficient (Wildman–Crippen LogP) is 2.52. The number of pyridine rings is 1. The fraction of sp³-hybridized carbons (Fsp3) is 0.250. The van der Waals surface area contributed by atoms with Gasteiger partial charge in [0.1, 0.15) is 0 Å². The number of carbonyl (C=O) groups excluding carboxylic acids is 1. The zero-order valence-corrected chi connectivity index (χ0v) is 11.7. The average molecular weight is 282 g/mol. The number of nitrogens with zero attached hydrogens (tertiary/aromatic N) is 2. The highest BCUT2D eigenvalue weighted by atomic mass is 16.1. The highest BCUT2D eigenvalue weighted by molar-refractivity contribution is 6.07. The molecule has 1 aliphatic heterocycles. The Hall–Kier alpha value is -2.56. The van der Waals surface area contributed by atoms with Crippen molar-refractivity contribution in [3.8, 4) is 0 Å². The molecule has 108 valence electrons. The molecule has 0 unspecified atom stereocenters. The van der Waals surface area contributed by atoms with Crippen molar-refractivity contribution in [2.45, 2.75) is 12.8 Å². The molecular formula is C16H18N4O. The van der Waals surface area contributed by atoms with Crippen LogP contribution >= 0.6 is 0 Å². The first-order valence-corrected chi connectivity index (χ1v) is 7.11. The van der Waals surface area contributed by atoms with Crippen LogP contribution in [0.5, 0.6) is 0 Å². The fourth-order valence-electron chi connectivity index (χ4n) is 2.60. The van der Waals surface area contributed by atoms with Gasteiger partial charge in [-0.05, 0) is 37.1 Å². The standard InChI is InChI=1S/C16H18N4O/c17-12-6-5-9-18-15(12)16(21)19-13-7-1-2-8-14(13)20-10-3-4-11-20/h1-2,5-9H,3-4,10-11,17H2,(H,19,21). The highest BCUT2D eigenvalue weighted by Crippen LogP contribution is 2.29. The minimum Gasteiger partial charge on any atom is -0.397 e. The number of hydrogen-bond acceptors (Lipinski definition) is 4. The van der Waals surface area contributed by atoms with Crippen LogP contribution in [0.1, 0.15) is 23.3 Å². The van der Waals surface area contributed by atoms with E-state index in [0.717, 1.165) is 24.5 Å². The van der Waals surface area contributed by atoms with Gasteiger partial charge in [0.05, 0.1) is 17.1 Å². The summed E-state index contributed by atoms with van der Waals surface area (Å²) in [6.45, 7) is 2.05. The van der Waals surface area contributed by atoms with Crippen molar-refractivity contribution in [2.75, 3.05) is 29.0 Å². The van der Waals surface area contributed by atoms with Gasteiger partial charge in [0.2, 0.25) is 0 Å². The van der Waals surface area contributed by atoms with E-state index in [9.17, 15) is 4.79 Å². The molecule has 1 aromatic heterocycles. The molecule has 1 aromatic carbocycles. The highest BCUT2D eigenvalue weighted by Gasteiger charge is 2.18. The molecule has 21 heavy (non-hydrogen) atoms. The molecule has 3 N–H and O–H groups in total. The van der Waals surface area contributed by atoms with Gasteiger partial charge in [-0.2, -0.15) is 0 Å². The van der Waals surface area contributed by atoms with Gasteiger partial charge >= 0.3 is 0 Å². The molecule has 2 heterocycles. The number of amides is 1. The number of nitrogen functional groups attached to an aromatic ring is 1. The second kappa shape index (κ2) is 5.83. The maximum Gasteiger partial charge on any atom is 0.276 e. The SMILES string of the molecule is Nc1cccnc1C(=O)Nc1ccccc1N1CCCC1. The molecule has 1 fully saturated rings. The van der Waals surface area contributed by atoms with Crippen LogP contribution in [-0.4, -0.2) is 24.0 Å². The number of hydrogen-bond donors (Lipinski definition) is 2. The van der Waals surface area contributed by atoms with Gasteiger partial charge < -0.3 is 16.0 Å². The smallest absolute Gasteiger partial charge is 0.276 e. The van der Waals surface area contributed by atoms with Crippen LogP contribution in [0, 0.1) is 0 Å². The molecule has 0 aliphatic carbocycles. The van der Waals surface area contributed by atoms with E-state index in [1.54, 1.807) is 18.3 Å². The largest absolute Gasteiger partial charge is 0.397 e. The van der Waals surface area contributed by atoms with Crippen molar-refractivity contribution < 1.29 is 4.79 Å². The van der Waals surface area contributed by atoms with Crippen LogP contribution in [-0.2, 0) is 0 Å². The number of nitrogens with one attached hydrogen (secondary N) is 1. The van der Waals surface area contributed by atoms with Gasteiger partial charge in [-0.3, -0.25) is 4.79 Å². The van der Waals surface area contributed by atoms with Crippen LogP contribution in [0.15, 0.2) is 42.6 Å². The summed E-state index contributed by atoms with van der Waals surface area (Å²) in [7, 11) is 0. The molecule has 1 amide bonds. The van der Waals surface area contributed by atoms with Crippen LogP contribution in [0.2, 0.25) is 0 Å². The molecule has 0 spiro atoms. The monoisotopic (exact) mass is 282 g/mol. The third kappa shape index (κ3) is 2.81. The first kappa shape index (κ1) is 13.4. The summed E-state index contributed by atoms with van der Waals surface area (Å²) >= 11 is 0. The number of carbonyl (C=O) groups is 1. The summed E-state index contributed by atoms with van der Waals surface area (Å²) < 4.78 is 0. The number of rotatable bonds is 3. The summed E-state index contributed by atoms with van der Waals surface area (Å²) in [6, 6.07) is 11.2. The second-order valence-corrected chi connectivity index (χ2v) is 5.11. The van der Waals surface area contributed by atoms with E-state index < -0.39 is 0 Å². The third-order valence-electron chi connectivity index (χ3n) is 3.65. The molecule has 0 radical (unpaired) electrons. The lowest BCUT2D eigenvalue weighted by molar-refractivity contribution is 0.102. The first-order valence-electron chi connectivity index (χ1n) is 7.11. The topological polar surface area (TPSA) is 71.2 Å². The van der Waals surface area contributed by atoms with Crippen LogP contribution in [0.4, 0.5) is 17.1 Å². The van der Waals surface area contributed by atoms with Crippen molar-refractivity contribution in [1.29, 1.82) is 0 Å². The molecule has 0 bridgehead atoms. The maximum atomic E-state index is 12.3. The minimum absolute atomic E-state index is 0.258. The third-order valence-corrected chi connectivity index (χ3v) is 3.65. The van der Waals surface area contributed by atoms with Crippen molar-refractivity contribution in [3.63, 3.8) is 0 Å². The Morgan fingerprint density at radius 1 is 1.14 bits per heavy atom. The molecule has 2 aromatic rings.